The number of carbonyl (C=O) groups excluding carboxylic acids is 1. The Balaban J connectivity index is 1.78. The molecule has 1 aliphatic carbocycles. The minimum Gasteiger partial charge on any atom is -0.444 e. The lowest BCUT2D eigenvalue weighted by atomic mass is 9.90. The Kier molecular flexibility index (Phi) is 6.03. The molecule has 23 heavy (non-hydrogen) atoms. The Labute approximate surface area is 143 Å². The maximum Gasteiger partial charge on any atom is 0.410 e. The number of ether oxygens (including phenoxy) is 1. The van der Waals surface area contributed by atoms with Gasteiger partial charge < -0.3 is 15.0 Å². The first-order chi connectivity index (χ1) is 10.8. The molecule has 1 aromatic heterocycles. The fourth-order valence-corrected chi connectivity index (χ4v) is 3.64. The molecule has 0 aromatic carbocycles. The first kappa shape index (κ1) is 18.2. The van der Waals surface area contributed by atoms with Crippen molar-refractivity contribution in [1.29, 1.82) is 0 Å². The number of hydrogen-bond acceptors (Lipinski definition) is 5. The molecule has 5 nitrogen and oxygen atoms in total. The van der Waals surface area contributed by atoms with E-state index >= 15 is 0 Å². The molecule has 0 spiro atoms. The van der Waals surface area contributed by atoms with Crippen molar-refractivity contribution in [3.63, 3.8) is 0 Å². The van der Waals surface area contributed by atoms with Crippen LogP contribution in [0.15, 0.2) is 10.9 Å². The van der Waals surface area contributed by atoms with Gasteiger partial charge in [-0.05, 0) is 53.4 Å². The van der Waals surface area contributed by atoms with Crippen LogP contribution >= 0.6 is 11.3 Å². The minimum absolute atomic E-state index is 0.218. The molecule has 0 bridgehead atoms. The Bertz CT molecular complexity index is 490. The number of nitrogens with one attached hydrogen (secondary N) is 1. The third-order valence-corrected chi connectivity index (χ3v) is 4.91. The predicted molar refractivity (Wildman–Crippen MR) is 93.7 cm³/mol. The van der Waals surface area contributed by atoms with Crippen LogP contribution in [-0.4, -0.2) is 40.7 Å². The molecule has 1 N–H and O–H groups in total. The number of rotatable bonds is 4. The first-order valence-corrected chi connectivity index (χ1v) is 9.30. The van der Waals surface area contributed by atoms with Crippen LogP contribution in [0.5, 0.6) is 0 Å². The van der Waals surface area contributed by atoms with Crippen molar-refractivity contribution >= 4 is 17.4 Å². The highest BCUT2D eigenvalue weighted by Gasteiger charge is 2.29. The highest BCUT2D eigenvalue weighted by molar-refractivity contribution is 7.07. The fourth-order valence-electron chi connectivity index (χ4n) is 2.99. The van der Waals surface area contributed by atoms with Crippen LogP contribution in [-0.2, 0) is 4.74 Å². The van der Waals surface area contributed by atoms with E-state index in [-0.39, 0.29) is 18.2 Å². The minimum atomic E-state index is -0.437. The van der Waals surface area contributed by atoms with Crippen molar-refractivity contribution in [1.82, 2.24) is 15.2 Å². The van der Waals surface area contributed by atoms with Crippen molar-refractivity contribution in [2.75, 3.05) is 7.05 Å². The summed E-state index contributed by atoms with van der Waals surface area (Å²) in [4.78, 5) is 18.3. The summed E-state index contributed by atoms with van der Waals surface area (Å²) >= 11 is 1.63. The second-order valence-electron chi connectivity index (χ2n) is 7.40. The number of hydrogen-bond donors (Lipinski definition) is 1. The molecule has 1 aliphatic rings. The van der Waals surface area contributed by atoms with Gasteiger partial charge in [-0.1, -0.05) is 0 Å². The van der Waals surface area contributed by atoms with Crippen LogP contribution in [0.1, 0.15) is 65.1 Å². The van der Waals surface area contributed by atoms with Crippen LogP contribution in [0, 0.1) is 0 Å². The third kappa shape index (κ3) is 5.46. The molecular formula is C17H29N3O2S. The molecular weight excluding hydrogens is 310 g/mol. The lowest BCUT2D eigenvalue weighted by molar-refractivity contribution is 0.0178. The maximum atomic E-state index is 12.2. The van der Waals surface area contributed by atoms with E-state index in [0.29, 0.717) is 6.04 Å². The van der Waals surface area contributed by atoms with E-state index in [1.54, 1.807) is 16.2 Å². The number of thiazole rings is 1. The lowest BCUT2D eigenvalue weighted by Gasteiger charge is -2.36. The highest BCUT2D eigenvalue weighted by atomic mass is 32.1. The number of amides is 1. The molecule has 1 saturated carbocycles. The molecule has 1 aromatic rings. The van der Waals surface area contributed by atoms with E-state index in [9.17, 15) is 4.79 Å². The lowest BCUT2D eigenvalue weighted by Crippen LogP contribution is -2.45. The molecule has 2 rings (SSSR count). The van der Waals surface area contributed by atoms with Crippen LogP contribution in [0.3, 0.4) is 0 Å². The zero-order valence-electron chi connectivity index (χ0n) is 14.8. The van der Waals surface area contributed by atoms with E-state index in [1.165, 1.54) is 0 Å². The van der Waals surface area contributed by atoms with Crippen molar-refractivity contribution in [3.8, 4) is 0 Å². The molecule has 1 atom stereocenters. The van der Waals surface area contributed by atoms with Crippen LogP contribution < -0.4 is 5.32 Å². The molecule has 0 aliphatic heterocycles. The predicted octanol–water partition coefficient (Wildman–Crippen LogP) is 3.97. The molecule has 0 saturated heterocycles. The molecule has 6 heteroatoms. The monoisotopic (exact) mass is 339 g/mol. The SMILES string of the molecule is CC(NC1CCC(N(C)C(=O)OC(C)(C)C)CC1)c1cscn1. The number of nitrogens with zero attached hydrogens (tertiary/aromatic N) is 2. The summed E-state index contributed by atoms with van der Waals surface area (Å²) in [6.07, 6.45) is 3.96. The summed E-state index contributed by atoms with van der Waals surface area (Å²) in [5.74, 6) is 0. The Morgan fingerprint density at radius 2 is 2.04 bits per heavy atom. The normalized spacial score (nSPS) is 23.3. The summed E-state index contributed by atoms with van der Waals surface area (Å²) in [7, 11) is 1.85. The summed E-state index contributed by atoms with van der Waals surface area (Å²) in [5.41, 5.74) is 2.55. The Morgan fingerprint density at radius 3 is 2.57 bits per heavy atom. The van der Waals surface area contributed by atoms with Gasteiger partial charge in [0.15, 0.2) is 0 Å². The van der Waals surface area contributed by atoms with Crippen molar-refractivity contribution in [3.05, 3.63) is 16.6 Å². The van der Waals surface area contributed by atoms with Gasteiger partial charge in [0, 0.05) is 30.6 Å². The smallest absolute Gasteiger partial charge is 0.410 e. The Morgan fingerprint density at radius 1 is 1.39 bits per heavy atom. The molecule has 1 amide bonds. The standard InChI is InChI=1S/C17H29N3O2S/c1-12(15-10-23-11-18-15)19-13-6-8-14(9-7-13)20(5)16(21)22-17(2,3)4/h10-14,19H,6-9H2,1-5H3. The van der Waals surface area contributed by atoms with E-state index in [1.807, 2.05) is 33.3 Å². The van der Waals surface area contributed by atoms with E-state index < -0.39 is 5.60 Å². The zero-order chi connectivity index (χ0) is 17.0. The van der Waals surface area contributed by atoms with Gasteiger partial charge in [0.05, 0.1) is 11.2 Å². The number of aromatic nitrogens is 1. The van der Waals surface area contributed by atoms with E-state index in [4.69, 9.17) is 4.74 Å². The highest BCUT2D eigenvalue weighted by Crippen LogP contribution is 2.25. The summed E-state index contributed by atoms with van der Waals surface area (Å²) in [6.45, 7) is 7.87. The second kappa shape index (κ2) is 7.62. The molecule has 1 unspecified atom stereocenters. The maximum absolute atomic E-state index is 12.2. The summed E-state index contributed by atoms with van der Waals surface area (Å²) in [6, 6.07) is 1.05. The van der Waals surface area contributed by atoms with Crippen LogP contribution in [0.2, 0.25) is 0 Å². The summed E-state index contributed by atoms with van der Waals surface area (Å²) < 4.78 is 5.46. The second-order valence-corrected chi connectivity index (χ2v) is 8.12. The zero-order valence-corrected chi connectivity index (χ0v) is 15.7. The van der Waals surface area contributed by atoms with Crippen molar-refractivity contribution in [2.45, 2.75) is 77.1 Å². The van der Waals surface area contributed by atoms with Crippen LogP contribution in [0.25, 0.3) is 0 Å². The Hall–Kier alpha value is -1.14. The van der Waals surface area contributed by atoms with Gasteiger partial charge in [-0.3, -0.25) is 0 Å². The van der Waals surface area contributed by atoms with Gasteiger partial charge in [0.1, 0.15) is 5.60 Å². The summed E-state index contributed by atoms with van der Waals surface area (Å²) in [5, 5.41) is 5.75. The third-order valence-electron chi connectivity index (χ3n) is 4.31. The molecule has 0 radical (unpaired) electrons. The topological polar surface area (TPSA) is 54.5 Å². The van der Waals surface area contributed by atoms with Gasteiger partial charge in [0.2, 0.25) is 0 Å². The van der Waals surface area contributed by atoms with Gasteiger partial charge >= 0.3 is 6.09 Å². The van der Waals surface area contributed by atoms with Gasteiger partial charge in [-0.15, -0.1) is 11.3 Å². The first-order valence-electron chi connectivity index (χ1n) is 8.36. The van der Waals surface area contributed by atoms with Crippen molar-refractivity contribution < 1.29 is 9.53 Å². The number of carbonyl (C=O) groups is 1. The average Bonchev–Trinajstić information content (AvgIpc) is 3.00. The van der Waals surface area contributed by atoms with Gasteiger partial charge in [-0.25, -0.2) is 9.78 Å². The fraction of sp³-hybridized carbons (Fsp3) is 0.765. The van der Waals surface area contributed by atoms with Crippen molar-refractivity contribution in [2.24, 2.45) is 0 Å². The average molecular weight is 340 g/mol. The molecule has 1 heterocycles. The molecule has 1 fully saturated rings. The van der Waals surface area contributed by atoms with Crippen LogP contribution in [0.4, 0.5) is 4.79 Å². The largest absolute Gasteiger partial charge is 0.444 e. The molecule has 130 valence electrons. The van der Waals surface area contributed by atoms with E-state index in [0.717, 1.165) is 31.4 Å². The quantitative estimate of drug-likeness (QED) is 0.902. The van der Waals surface area contributed by atoms with E-state index in [2.05, 4.69) is 22.6 Å². The van der Waals surface area contributed by atoms with Gasteiger partial charge in [0.25, 0.3) is 0 Å². The van der Waals surface area contributed by atoms with Gasteiger partial charge in [-0.2, -0.15) is 0 Å².